The van der Waals surface area contributed by atoms with Gasteiger partial charge in [-0.2, -0.15) is 0 Å². The number of allylic oxidation sites excluding steroid dienone is 1. The first-order valence-corrected chi connectivity index (χ1v) is 9.31. The lowest BCUT2D eigenvalue weighted by molar-refractivity contribution is -0.139. The summed E-state index contributed by atoms with van der Waals surface area (Å²) >= 11 is 0. The number of hydrogen-bond donors (Lipinski definition) is 1. The molecule has 0 spiro atoms. The van der Waals surface area contributed by atoms with Crippen molar-refractivity contribution in [3.63, 3.8) is 0 Å². The lowest BCUT2D eigenvalue weighted by Gasteiger charge is -2.26. The van der Waals surface area contributed by atoms with Gasteiger partial charge in [-0.25, -0.2) is 0 Å². The van der Waals surface area contributed by atoms with Gasteiger partial charge in [-0.15, -0.1) is 0 Å². The summed E-state index contributed by atoms with van der Waals surface area (Å²) in [7, 11) is 0. The van der Waals surface area contributed by atoms with E-state index in [9.17, 15) is 9.59 Å². The van der Waals surface area contributed by atoms with E-state index in [0.717, 1.165) is 38.6 Å². The Hall–Kier alpha value is -1.32. The standard InChI is InChI=1S/C19H30N2O2/c1-13-6-3-4-7-15-12-16(15)20-19(23)17-8-5-9-21(17)18(22)11-14(2)10-13/h4,7,13-17H,3,5-6,8-12H2,1-2H3,(H,20,23)/b7-4-/t13-,14?,15-,16?,17?/m1/s1. The number of fused-ring (bicyclic) bond motifs is 2. The van der Waals surface area contributed by atoms with Crippen molar-refractivity contribution in [2.75, 3.05) is 6.54 Å². The zero-order valence-corrected chi connectivity index (χ0v) is 14.5. The number of amides is 2. The van der Waals surface area contributed by atoms with Gasteiger partial charge in [0, 0.05) is 19.0 Å². The van der Waals surface area contributed by atoms with Crippen molar-refractivity contribution in [2.45, 2.75) is 70.9 Å². The normalized spacial score (nSPS) is 40.4. The molecule has 2 amide bonds. The third-order valence-corrected chi connectivity index (χ3v) is 5.58. The highest BCUT2D eigenvalue weighted by molar-refractivity contribution is 5.88. The summed E-state index contributed by atoms with van der Waals surface area (Å²) in [6, 6.07) is 0.0558. The Labute approximate surface area is 139 Å². The van der Waals surface area contributed by atoms with Crippen molar-refractivity contribution in [1.29, 1.82) is 0 Å². The van der Waals surface area contributed by atoms with E-state index in [-0.39, 0.29) is 23.9 Å². The van der Waals surface area contributed by atoms with Crippen LogP contribution in [0.5, 0.6) is 0 Å². The van der Waals surface area contributed by atoms with Gasteiger partial charge in [0.1, 0.15) is 6.04 Å². The van der Waals surface area contributed by atoms with Gasteiger partial charge in [-0.05, 0) is 56.3 Å². The number of rotatable bonds is 0. The van der Waals surface area contributed by atoms with E-state index in [4.69, 9.17) is 0 Å². The number of nitrogens with one attached hydrogen (secondary N) is 1. The van der Waals surface area contributed by atoms with Crippen molar-refractivity contribution < 1.29 is 9.59 Å². The fourth-order valence-electron chi connectivity index (χ4n) is 4.17. The van der Waals surface area contributed by atoms with Crippen LogP contribution in [0.1, 0.15) is 58.8 Å². The van der Waals surface area contributed by atoms with Gasteiger partial charge in [-0.1, -0.05) is 26.0 Å². The van der Waals surface area contributed by atoms with E-state index in [1.54, 1.807) is 0 Å². The fourth-order valence-corrected chi connectivity index (χ4v) is 4.17. The summed E-state index contributed by atoms with van der Waals surface area (Å²) < 4.78 is 0. The molecular weight excluding hydrogens is 288 g/mol. The van der Waals surface area contributed by atoms with Crippen LogP contribution in [0.4, 0.5) is 0 Å². The largest absolute Gasteiger partial charge is 0.351 e. The van der Waals surface area contributed by atoms with Gasteiger partial charge >= 0.3 is 0 Å². The Bertz CT molecular complexity index is 488. The minimum absolute atomic E-state index is 0.0626. The summed E-state index contributed by atoms with van der Waals surface area (Å²) in [5.41, 5.74) is 0. The van der Waals surface area contributed by atoms with Gasteiger partial charge in [0.25, 0.3) is 0 Å². The number of nitrogens with zero attached hydrogens (tertiary/aromatic N) is 1. The third kappa shape index (κ3) is 4.15. The van der Waals surface area contributed by atoms with Gasteiger partial charge < -0.3 is 10.2 Å². The summed E-state index contributed by atoms with van der Waals surface area (Å²) in [6.45, 7) is 5.20. The monoisotopic (exact) mass is 318 g/mol. The number of carbonyl (C=O) groups excluding carboxylic acids is 2. The molecule has 128 valence electrons. The van der Waals surface area contributed by atoms with Crippen LogP contribution < -0.4 is 5.32 Å². The molecule has 23 heavy (non-hydrogen) atoms. The zero-order valence-electron chi connectivity index (χ0n) is 14.5. The molecule has 3 rings (SSSR count). The summed E-state index contributed by atoms with van der Waals surface area (Å²) in [5, 5.41) is 3.15. The van der Waals surface area contributed by atoms with Crippen molar-refractivity contribution in [3.05, 3.63) is 12.2 Å². The molecule has 1 saturated heterocycles. The number of carbonyl (C=O) groups is 2. The van der Waals surface area contributed by atoms with Crippen LogP contribution in [0, 0.1) is 17.8 Å². The molecule has 0 aromatic carbocycles. The van der Waals surface area contributed by atoms with Crippen LogP contribution >= 0.6 is 0 Å². The first-order chi connectivity index (χ1) is 11.0. The van der Waals surface area contributed by atoms with Crippen molar-refractivity contribution in [3.8, 4) is 0 Å². The van der Waals surface area contributed by atoms with Crippen LogP contribution in [0.3, 0.4) is 0 Å². The molecule has 2 aliphatic heterocycles. The molecule has 4 heteroatoms. The lowest BCUT2D eigenvalue weighted by atomic mass is 9.91. The van der Waals surface area contributed by atoms with Crippen LogP contribution in [-0.2, 0) is 9.59 Å². The second-order valence-electron chi connectivity index (χ2n) is 7.92. The maximum Gasteiger partial charge on any atom is 0.243 e. The Balaban J connectivity index is 1.70. The summed E-state index contributed by atoms with van der Waals surface area (Å²) in [5.74, 6) is 1.78. The summed E-state index contributed by atoms with van der Waals surface area (Å²) in [4.78, 5) is 27.0. The van der Waals surface area contributed by atoms with Crippen molar-refractivity contribution in [1.82, 2.24) is 10.2 Å². The topological polar surface area (TPSA) is 49.4 Å². The van der Waals surface area contributed by atoms with Gasteiger partial charge in [0.05, 0.1) is 0 Å². The Morgan fingerprint density at radius 2 is 1.96 bits per heavy atom. The van der Waals surface area contributed by atoms with E-state index in [2.05, 4.69) is 31.3 Å². The quantitative estimate of drug-likeness (QED) is 0.698. The van der Waals surface area contributed by atoms with Gasteiger partial charge in [0.15, 0.2) is 0 Å². The van der Waals surface area contributed by atoms with Crippen LogP contribution in [0.2, 0.25) is 0 Å². The molecular formula is C19H30N2O2. The predicted molar refractivity (Wildman–Crippen MR) is 90.7 cm³/mol. The van der Waals surface area contributed by atoms with Crippen molar-refractivity contribution >= 4 is 11.8 Å². The highest BCUT2D eigenvalue weighted by Gasteiger charge is 2.40. The molecule has 0 bridgehead atoms. The third-order valence-electron chi connectivity index (χ3n) is 5.58. The summed E-state index contributed by atoms with van der Waals surface area (Å²) in [6.07, 6.45) is 11.3. The second kappa shape index (κ2) is 7.06. The second-order valence-corrected chi connectivity index (χ2v) is 7.92. The molecule has 1 saturated carbocycles. The molecule has 5 atom stereocenters. The molecule has 1 aliphatic carbocycles. The van der Waals surface area contributed by atoms with Crippen LogP contribution in [-0.4, -0.2) is 35.3 Å². The first-order valence-electron chi connectivity index (χ1n) is 9.31. The average Bonchev–Trinajstić information content (AvgIpc) is 3.02. The highest BCUT2D eigenvalue weighted by Crippen LogP contribution is 2.33. The smallest absolute Gasteiger partial charge is 0.243 e. The van der Waals surface area contributed by atoms with E-state index >= 15 is 0 Å². The Kier molecular flexibility index (Phi) is 5.08. The molecule has 2 fully saturated rings. The molecule has 0 aromatic rings. The number of hydrogen-bond acceptors (Lipinski definition) is 2. The Morgan fingerprint density at radius 3 is 2.78 bits per heavy atom. The van der Waals surface area contributed by atoms with E-state index in [0.29, 0.717) is 24.2 Å². The maximum atomic E-state index is 12.6. The van der Waals surface area contributed by atoms with Gasteiger partial charge in [-0.3, -0.25) is 9.59 Å². The molecule has 3 unspecified atom stereocenters. The minimum atomic E-state index is -0.234. The fraction of sp³-hybridized carbons (Fsp3) is 0.789. The first kappa shape index (κ1) is 16.5. The molecule has 4 nitrogen and oxygen atoms in total. The predicted octanol–water partition coefficient (Wildman–Crippen LogP) is 2.88. The van der Waals surface area contributed by atoms with Gasteiger partial charge in [0.2, 0.25) is 11.8 Å². The lowest BCUT2D eigenvalue weighted by Crippen LogP contribution is -2.47. The average molecular weight is 318 g/mol. The van der Waals surface area contributed by atoms with E-state index in [1.165, 1.54) is 6.42 Å². The molecule has 3 aliphatic rings. The van der Waals surface area contributed by atoms with Crippen molar-refractivity contribution in [2.24, 2.45) is 17.8 Å². The molecule has 0 radical (unpaired) electrons. The van der Waals surface area contributed by atoms with Crippen LogP contribution in [0.15, 0.2) is 12.2 Å². The molecule has 2 heterocycles. The highest BCUT2D eigenvalue weighted by atomic mass is 16.2. The Morgan fingerprint density at radius 1 is 1.13 bits per heavy atom. The molecule has 0 aromatic heterocycles. The molecule has 1 N–H and O–H groups in total. The maximum absolute atomic E-state index is 12.6. The SMILES string of the molecule is CC1CC(=O)N2CCCC2C(=O)NC2C[C@H]2/C=C\CC[C@@H](C)C1. The van der Waals surface area contributed by atoms with E-state index in [1.807, 2.05) is 4.90 Å². The zero-order chi connectivity index (χ0) is 16.4. The van der Waals surface area contributed by atoms with Crippen LogP contribution in [0.25, 0.3) is 0 Å². The minimum Gasteiger partial charge on any atom is -0.351 e. The van der Waals surface area contributed by atoms with E-state index < -0.39 is 0 Å².